The number of unbranched alkanes of at least 4 members (excludes halogenated alkanes) is 1. The number of aromatic nitrogens is 1. The molecule has 1 rings (SSSR count). The van der Waals surface area contributed by atoms with Crippen molar-refractivity contribution < 1.29 is 9.53 Å². The van der Waals surface area contributed by atoms with Crippen LogP contribution in [0.3, 0.4) is 0 Å². The van der Waals surface area contributed by atoms with Crippen molar-refractivity contribution in [3.8, 4) is 0 Å². The van der Waals surface area contributed by atoms with Crippen molar-refractivity contribution in [1.29, 1.82) is 0 Å². The lowest BCUT2D eigenvalue weighted by molar-refractivity contribution is 0.0527. The van der Waals surface area contributed by atoms with Gasteiger partial charge in [0.1, 0.15) is 11.4 Å². The Morgan fingerprint density at radius 3 is 2.60 bits per heavy atom. The Hall–Kier alpha value is -1.30. The van der Waals surface area contributed by atoms with Crippen LogP contribution in [-0.4, -0.2) is 29.8 Å². The number of nitrogens with one attached hydrogen (secondary N) is 2. The number of pyridine rings is 1. The first-order valence-corrected chi connectivity index (χ1v) is 7.48. The first kappa shape index (κ1) is 16.8. The van der Waals surface area contributed by atoms with Gasteiger partial charge in [-0.15, -0.1) is 0 Å². The van der Waals surface area contributed by atoms with Crippen molar-refractivity contribution in [1.82, 2.24) is 10.3 Å². The molecule has 0 fully saturated rings. The van der Waals surface area contributed by atoms with Crippen LogP contribution in [0.4, 0.5) is 10.6 Å². The molecule has 0 aliphatic rings. The van der Waals surface area contributed by atoms with E-state index in [0.29, 0.717) is 6.54 Å². The zero-order valence-corrected chi connectivity index (χ0v) is 13.8. The zero-order valence-electron chi connectivity index (χ0n) is 12.2. The van der Waals surface area contributed by atoms with Gasteiger partial charge in [-0.05, 0) is 61.7 Å². The maximum Gasteiger partial charge on any atom is 0.407 e. The van der Waals surface area contributed by atoms with E-state index in [1.165, 1.54) is 0 Å². The molecular weight excluding hydrogens is 322 g/mol. The molecule has 0 atom stereocenters. The standard InChI is InChI=1S/C14H22BrN3O2/c1-14(2,3)20-13(19)17-9-5-4-8-16-12-7-6-11(15)10-18-12/h6-7,10H,4-5,8-9H2,1-3H3,(H,16,18)(H,17,19). The van der Waals surface area contributed by atoms with Gasteiger partial charge >= 0.3 is 6.09 Å². The van der Waals surface area contributed by atoms with E-state index < -0.39 is 5.60 Å². The summed E-state index contributed by atoms with van der Waals surface area (Å²) in [6, 6.07) is 3.86. The number of halogens is 1. The highest BCUT2D eigenvalue weighted by molar-refractivity contribution is 9.10. The number of carbonyl (C=O) groups excluding carboxylic acids is 1. The number of hydrogen-bond donors (Lipinski definition) is 2. The number of carbonyl (C=O) groups is 1. The highest BCUT2D eigenvalue weighted by Crippen LogP contribution is 2.10. The van der Waals surface area contributed by atoms with Gasteiger partial charge < -0.3 is 15.4 Å². The van der Waals surface area contributed by atoms with Crippen LogP contribution < -0.4 is 10.6 Å². The number of alkyl carbamates (subject to hydrolysis) is 1. The number of nitrogens with zero attached hydrogens (tertiary/aromatic N) is 1. The van der Waals surface area contributed by atoms with Crippen molar-refractivity contribution in [2.24, 2.45) is 0 Å². The molecule has 6 heteroatoms. The minimum atomic E-state index is -0.446. The van der Waals surface area contributed by atoms with Crippen LogP contribution >= 0.6 is 15.9 Å². The maximum atomic E-state index is 11.4. The normalized spacial score (nSPS) is 11.0. The summed E-state index contributed by atoms with van der Waals surface area (Å²) in [4.78, 5) is 15.6. The molecule has 20 heavy (non-hydrogen) atoms. The van der Waals surface area contributed by atoms with E-state index >= 15 is 0 Å². The Morgan fingerprint density at radius 2 is 2.00 bits per heavy atom. The molecule has 0 spiro atoms. The van der Waals surface area contributed by atoms with Gasteiger partial charge in [0.15, 0.2) is 0 Å². The Morgan fingerprint density at radius 1 is 1.30 bits per heavy atom. The lowest BCUT2D eigenvalue weighted by Gasteiger charge is -2.19. The molecule has 1 aromatic heterocycles. The third kappa shape index (κ3) is 7.99. The molecule has 0 unspecified atom stereocenters. The third-order valence-electron chi connectivity index (χ3n) is 2.31. The lowest BCUT2D eigenvalue weighted by Crippen LogP contribution is -2.33. The molecule has 1 amide bonds. The van der Waals surface area contributed by atoms with Crippen LogP contribution in [0.1, 0.15) is 33.6 Å². The van der Waals surface area contributed by atoms with Gasteiger partial charge in [-0.25, -0.2) is 9.78 Å². The molecule has 0 aromatic carbocycles. The summed E-state index contributed by atoms with van der Waals surface area (Å²) in [5, 5.41) is 5.96. The Kier molecular flexibility index (Phi) is 6.78. The fourth-order valence-corrected chi connectivity index (χ4v) is 1.69. The summed E-state index contributed by atoms with van der Waals surface area (Å²) in [6.07, 6.45) is 3.24. The third-order valence-corrected chi connectivity index (χ3v) is 2.77. The monoisotopic (exact) mass is 343 g/mol. The molecule has 5 nitrogen and oxygen atoms in total. The van der Waals surface area contributed by atoms with Gasteiger partial charge in [0.2, 0.25) is 0 Å². The summed E-state index contributed by atoms with van der Waals surface area (Å²) < 4.78 is 6.11. The Balaban J connectivity index is 2.05. The number of hydrogen-bond acceptors (Lipinski definition) is 4. The summed E-state index contributed by atoms with van der Waals surface area (Å²) in [6.45, 7) is 6.99. The van der Waals surface area contributed by atoms with Crippen molar-refractivity contribution >= 4 is 27.8 Å². The second-order valence-electron chi connectivity index (χ2n) is 5.42. The molecule has 0 saturated heterocycles. The molecule has 0 saturated carbocycles. The van der Waals surface area contributed by atoms with Crippen molar-refractivity contribution in [2.45, 2.75) is 39.2 Å². The fourth-order valence-electron chi connectivity index (χ4n) is 1.45. The van der Waals surface area contributed by atoms with Crippen molar-refractivity contribution in [2.75, 3.05) is 18.4 Å². The first-order valence-electron chi connectivity index (χ1n) is 6.69. The van der Waals surface area contributed by atoms with Gasteiger partial charge in [0.05, 0.1) is 0 Å². The predicted molar refractivity (Wildman–Crippen MR) is 83.9 cm³/mol. The fraction of sp³-hybridized carbons (Fsp3) is 0.571. The van der Waals surface area contributed by atoms with Crippen LogP contribution in [0.5, 0.6) is 0 Å². The maximum absolute atomic E-state index is 11.4. The summed E-state index contributed by atoms with van der Waals surface area (Å²) >= 11 is 3.34. The van der Waals surface area contributed by atoms with Gasteiger partial charge in [0, 0.05) is 23.8 Å². The van der Waals surface area contributed by atoms with E-state index in [-0.39, 0.29) is 6.09 Å². The summed E-state index contributed by atoms with van der Waals surface area (Å²) in [5.74, 6) is 0.855. The number of ether oxygens (including phenoxy) is 1. The Bertz CT molecular complexity index is 415. The van der Waals surface area contributed by atoms with Gasteiger partial charge in [-0.3, -0.25) is 0 Å². The molecule has 0 radical (unpaired) electrons. The molecule has 0 aliphatic heterocycles. The first-order chi connectivity index (χ1) is 9.37. The second-order valence-corrected chi connectivity index (χ2v) is 6.34. The summed E-state index contributed by atoms with van der Waals surface area (Å²) in [7, 11) is 0. The molecule has 2 N–H and O–H groups in total. The minimum Gasteiger partial charge on any atom is -0.444 e. The van der Waals surface area contributed by atoms with Crippen LogP contribution in [0, 0.1) is 0 Å². The minimum absolute atomic E-state index is 0.361. The number of anilines is 1. The number of rotatable bonds is 6. The Labute approximate surface area is 128 Å². The molecule has 0 bridgehead atoms. The molecule has 1 heterocycles. The highest BCUT2D eigenvalue weighted by atomic mass is 79.9. The smallest absolute Gasteiger partial charge is 0.407 e. The largest absolute Gasteiger partial charge is 0.444 e. The van der Waals surface area contributed by atoms with E-state index in [1.54, 1.807) is 6.20 Å². The van der Waals surface area contributed by atoms with Gasteiger partial charge in [0.25, 0.3) is 0 Å². The average Bonchev–Trinajstić information content (AvgIpc) is 2.33. The average molecular weight is 344 g/mol. The summed E-state index contributed by atoms with van der Waals surface area (Å²) in [5.41, 5.74) is -0.446. The SMILES string of the molecule is CC(C)(C)OC(=O)NCCCCNc1ccc(Br)cn1. The molecule has 1 aromatic rings. The van der Waals surface area contributed by atoms with E-state index in [9.17, 15) is 4.79 Å². The number of amides is 1. The lowest BCUT2D eigenvalue weighted by atomic mass is 10.2. The van der Waals surface area contributed by atoms with E-state index in [1.807, 2.05) is 32.9 Å². The van der Waals surface area contributed by atoms with Crippen molar-refractivity contribution in [3.05, 3.63) is 22.8 Å². The van der Waals surface area contributed by atoms with Crippen molar-refractivity contribution in [3.63, 3.8) is 0 Å². The van der Waals surface area contributed by atoms with E-state index in [0.717, 1.165) is 29.7 Å². The van der Waals surface area contributed by atoms with Crippen LogP contribution in [0.15, 0.2) is 22.8 Å². The van der Waals surface area contributed by atoms with Gasteiger partial charge in [-0.2, -0.15) is 0 Å². The molecule has 0 aliphatic carbocycles. The second kappa shape index (κ2) is 8.09. The van der Waals surface area contributed by atoms with Crippen LogP contribution in [0.2, 0.25) is 0 Å². The van der Waals surface area contributed by atoms with Crippen LogP contribution in [-0.2, 0) is 4.74 Å². The topological polar surface area (TPSA) is 63.2 Å². The van der Waals surface area contributed by atoms with Gasteiger partial charge in [-0.1, -0.05) is 0 Å². The quantitative estimate of drug-likeness (QED) is 0.775. The molecular formula is C14H22BrN3O2. The zero-order chi connectivity index (χ0) is 15.0. The predicted octanol–water partition coefficient (Wildman–Crippen LogP) is 3.56. The van der Waals surface area contributed by atoms with E-state index in [2.05, 4.69) is 31.5 Å². The van der Waals surface area contributed by atoms with Crippen LogP contribution in [0.25, 0.3) is 0 Å². The molecule has 112 valence electrons. The highest BCUT2D eigenvalue weighted by Gasteiger charge is 2.15. The van der Waals surface area contributed by atoms with E-state index in [4.69, 9.17) is 4.74 Å².